The van der Waals surface area contributed by atoms with Crippen LogP contribution >= 0.6 is 0 Å². The molecule has 3 saturated heterocycles. The molecule has 3 fully saturated rings. The summed E-state index contributed by atoms with van der Waals surface area (Å²) < 4.78 is 0. The van der Waals surface area contributed by atoms with Crippen molar-refractivity contribution in [3.63, 3.8) is 0 Å². The second-order valence-electron chi connectivity index (χ2n) is 4.36. The average molecular weight is 183 g/mol. The standard InChI is InChI=1S/C10H21N3/c1-2-3-9(11)10-8-12-4-6-13(10)7-5-12/h9-10H,2-8,11H2,1H3. The Balaban J connectivity index is 1.92. The maximum absolute atomic E-state index is 6.18. The minimum Gasteiger partial charge on any atom is -0.326 e. The Morgan fingerprint density at radius 2 is 2.00 bits per heavy atom. The van der Waals surface area contributed by atoms with Crippen LogP contribution in [-0.4, -0.2) is 54.6 Å². The smallest absolute Gasteiger partial charge is 0.0375 e. The molecule has 0 spiro atoms. The average Bonchev–Trinajstić information content (AvgIpc) is 2.20. The first kappa shape index (κ1) is 9.44. The predicted octanol–water partition coefficient (Wildman–Crippen LogP) is 0.114. The van der Waals surface area contributed by atoms with Gasteiger partial charge in [-0.2, -0.15) is 0 Å². The van der Waals surface area contributed by atoms with E-state index in [1.165, 1.54) is 45.6 Å². The first-order valence-electron chi connectivity index (χ1n) is 5.53. The molecule has 3 heterocycles. The lowest BCUT2D eigenvalue weighted by atomic mass is 9.97. The third-order valence-corrected chi connectivity index (χ3v) is 3.44. The van der Waals surface area contributed by atoms with Crippen LogP contribution in [0.5, 0.6) is 0 Å². The van der Waals surface area contributed by atoms with E-state index in [2.05, 4.69) is 16.7 Å². The van der Waals surface area contributed by atoms with Gasteiger partial charge in [-0.3, -0.25) is 9.80 Å². The Hall–Kier alpha value is -0.120. The van der Waals surface area contributed by atoms with Crippen molar-refractivity contribution in [2.75, 3.05) is 32.7 Å². The lowest BCUT2D eigenvalue weighted by Gasteiger charge is -2.49. The van der Waals surface area contributed by atoms with Gasteiger partial charge in [-0.05, 0) is 6.42 Å². The van der Waals surface area contributed by atoms with E-state index < -0.39 is 0 Å². The Labute approximate surface area is 80.9 Å². The van der Waals surface area contributed by atoms with Gasteiger partial charge in [0.25, 0.3) is 0 Å². The Bertz CT molecular complexity index is 164. The zero-order valence-corrected chi connectivity index (χ0v) is 8.58. The van der Waals surface area contributed by atoms with Crippen LogP contribution in [0, 0.1) is 0 Å². The van der Waals surface area contributed by atoms with Crippen molar-refractivity contribution in [3.05, 3.63) is 0 Å². The van der Waals surface area contributed by atoms with Crippen LogP contribution in [0.2, 0.25) is 0 Å². The molecular formula is C10H21N3. The molecule has 0 aliphatic carbocycles. The van der Waals surface area contributed by atoms with Gasteiger partial charge < -0.3 is 5.73 Å². The molecule has 76 valence electrons. The van der Waals surface area contributed by atoms with E-state index in [4.69, 9.17) is 5.73 Å². The minimum atomic E-state index is 0.396. The van der Waals surface area contributed by atoms with Gasteiger partial charge in [0, 0.05) is 44.8 Å². The van der Waals surface area contributed by atoms with Crippen LogP contribution < -0.4 is 5.73 Å². The summed E-state index contributed by atoms with van der Waals surface area (Å²) >= 11 is 0. The summed E-state index contributed by atoms with van der Waals surface area (Å²) in [5.74, 6) is 0. The van der Waals surface area contributed by atoms with Gasteiger partial charge in [0.1, 0.15) is 0 Å². The van der Waals surface area contributed by atoms with Gasteiger partial charge in [-0.15, -0.1) is 0 Å². The molecule has 0 radical (unpaired) electrons. The number of rotatable bonds is 3. The van der Waals surface area contributed by atoms with Crippen LogP contribution in [0.1, 0.15) is 19.8 Å². The maximum atomic E-state index is 6.18. The van der Waals surface area contributed by atoms with Crippen LogP contribution in [-0.2, 0) is 0 Å². The minimum absolute atomic E-state index is 0.396. The molecule has 2 unspecified atom stereocenters. The first-order valence-corrected chi connectivity index (χ1v) is 5.53. The van der Waals surface area contributed by atoms with Crippen LogP contribution in [0.3, 0.4) is 0 Å². The number of hydrogen-bond acceptors (Lipinski definition) is 3. The Morgan fingerprint density at radius 3 is 2.46 bits per heavy atom. The SMILES string of the molecule is CCCC(N)C1CN2CCN1CC2. The Kier molecular flexibility index (Phi) is 2.86. The van der Waals surface area contributed by atoms with Crippen molar-refractivity contribution < 1.29 is 0 Å². The van der Waals surface area contributed by atoms with E-state index in [9.17, 15) is 0 Å². The fourth-order valence-electron chi connectivity index (χ4n) is 2.59. The number of nitrogens with zero attached hydrogens (tertiary/aromatic N) is 2. The van der Waals surface area contributed by atoms with E-state index in [1.54, 1.807) is 0 Å². The van der Waals surface area contributed by atoms with E-state index in [0.29, 0.717) is 12.1 Å². The molecule has 0 aromatic heterocycles. The number of nitrogens with two attached hydrogens (primary N) is 1. The van der Waals surface area contributed by atoms with E-state index in [1.807, 2.05) is 0 Å². The molecule has 0 amide bonds. The highest BCUT2D eigenvalue weighted by Gasteiger charge is 2.34. The summed E-state index contributed by atoms with van der Waals surface area (Å²) in [5, 5.41) is 0. The summed E-state index contributed by atoms with van der Waals surface area (Å²) in [7, 11) is 0. The molecule has 3 aliphatic rings. The Morgan fingerprint density at radius 1 is 1.31 bits per heavy atom. The molecule has 2 bridgehead atoms. The molecule has 13 heavy (non-hydrogen) atoms. The number of hydrogen-bond donors (Lipinski definition) is 1. The highest BCUT2D eigenvalue weighted by Crippen LogP contribution is 2.19. The van der Waals surface area contributed by atoms with Crippen LogP contribution in [0.4, 0.5) is 0 Å². The fourth-order valence-corrected chi connectivity index (χ4v) is 2.59. The van der Waals surface area contributed by atoms with Crippen LogP contribution in [0.15, 0.2) is 0 Å². The topological polar surface area (TPSA) is 32.5 Å². The second kappa shape index (κ2) is 3.95. The normalized spacial score (nSPS) is 40.6. The van der Waals surface area contributed by atoms with Crippen molar-refractivity contribution in [1.82, 2.24) is 9.80 Å². The quantitative estimate of drug-likeness (QED) is 0.674. The molecule has 0 aromatic rings. The van der Waals surface area contributed by atoms with Crippen molar-refractivity contribution in [2.24, 2.45) is 5.73 Å². The lowest BCUT2D eigenvalue weighted by molar-refractivity contribution is 0.00135. The van der Waals surface area contributed by atoms with Crippen molar-refractivity contribution >= 4 is 0 Å². The summed E-state index contributed by atoms with van der Waals surface area (Å²) in [6, 6.07) is 1.04. The van der Waals surface area contributed by atoms with Gasteiger partial charge >= 0.3 is 0 Å². The van der Waals surface area contributed by atoms with Gasteiger partial charge in [0.05, 0.1) is 0 Å². The van der Waals surface area contributed by atoms with E-state index >= 15 is 0 Å². The lowest BCUT2D eigenvalue weighted by Crippen LogP contribution is -2.65. The molecule has 0 saturated carbocycles. The predicted molar refractivity (Wildman–Crippen MR) is 54.7 cm³/mol. The maximum Gasteiger partial charge on any atom is 0.0375 e. The first-order chi connectivity index (χ1) is 6.31. The zero-order valence-electron chi connectivity index (χ0n) is 8.58. The second-order valence-corrected chi connectivity index (χ2v) is 4.36. The summed E-state index contributed by atoms with van der Waals surface area (Å²) in [6.45, 7) is 8.42. The molecule has 3 nitrogen and oxygen atoms in total. The van der Waals surface area contributed by atoms with Gasteiger partial charge in [0.15, 0.2) is 0 Å². The molecule has 2 N–H and O–H groups in total. The van der Waals surface area contributed by atoms with Gasteiger partial charge in [-0.25, -0.2) is 0 Å². The molecule has 2 atom stereocenters. The van der Waals surface area contributed by atoms with Crippen molar-refractivity contribution in [3.8, 4) is 0 Å². The van der Waals surface area contributed by atoms with Gasteiger partial charge in [-0.1, -0.05) is 13.3 Å². The largest absolute Gasteiger partial charge is 0.326 e. The van der Waals surface area contributed by atoms with Crippen molar-refractivity contribution in [1.29, 1.82) is 0 Å². The molecular weight excluding hydrogens is 162 g/mol. The third kappa shape index (κ3) is 1.87. The highest BCUT2D eigenvalue weighted by molar-refractivity contribution is 4.93. The molecule has 0 aromatic carbocycles. The molecule has 3 aliphatic heterocycles. The monoisotopic (exact) mass is 183 g/mol. The van der Waals surface area contributed by atoms with Gasteiger partial charge in [0.2, 0.25) is 0 Å². The molecule has 3 heteroatoms. The third-order valence-electron chi connectivity index (χ3n) is 3.44. The summed E-state index contributed by atoms with van der Waals surface area (Å²) in [4.78, 5) is 5.14. The van der Waals surface area contributed by atoms with E-state index in [0.717, 1.165) is 0 Å². The zero-order chi connectivity index (χ0) is 9.26. The number of fused-ring (bicyclic) bond motifs is 3. The summed E-state index contributed by atoms with van der Waals surface area (Å²) in [5.41, 5.74) is 6.18. The fraction of sp³-hybridized carbons (Fsp3) is 1.00. The molecule has 3 rings (SSSR count). The summed E-state index contributed by atoms with van der Waals surface area (Å²) in [6.07, 6.45) is 2.39. The van der Waals surface area contributed by atoms with Crippen LogP contribution in [0.25, 0.3) is 0 Å². The van der Waals surface area contributed by atoms with E-state index in [-0.39, 0.29) is 0 Å². The highest BCUT2D eigenvalue weighted by atomic mass is 15.3. The van der Waals surface area contributed by atoms with Crippen molar-refractivity contribution in [2.45, 2.75) is 31.8 Å². The number of piperazine rings is 3.